The fourth-order valence-electron chi connectivity index (χ4n) is 2.04. The Morgan fingerprint density at radius 3 is 2.86 bits per heavy atom. The van der Waals surface area contributed by atoms with Crippen molar-refractivity contribution in [2.75, 3.05) is 17.2 Å². The van der Waals surface area contributed by atoms with Crippen molar-refractivity contribution in [2.24, 2.45) is 0 Å². The van der Waals surface area contributed by atoms with Gasteiger partial charge in [-0.25, -0.2) is 0 Å². The van der Waals surface area contributed by atoms with Gasteiger partial charge in [0.15, 0.2) is 5.58 Å². The monoisotopic (exact) mass is 315 g/mol. The number of anilines is 2. The van der Waals surface area contributed by atoms with Gasteiger partial charge in [0.05, 0.1) is 6.54 Å². The smallest absolute Gasteiger partial charge is 0.296 e. The molecule has 0 aliphatic carbocycles. The first-order valence-electron chi connectivity index (χ1n) is 6.78. The van der Waals surface area contributed by atoms with E-state index in [0.29, 0.717) is 22.3 Å². The standard InChI is InChI=1S/C16H14ClN3O2/c1-10-11(17)5-4-7-12(10)19-15(21)9-18-16-20-13-6-2-3-8-14(13)22-16/h2-8H,9H2,1H3,(H,18,20)(H,19,21). The molecule has 5 nitrogen and oxygen atoms in total. The molecule has 112 valence electrons. The SMILES string of the molecule is Cc1c(Cl)cccc1NC(=O)CNc1nc2ccccc2o1. The van der Waals surface area contributed by atoms with Crippen molar-refractivity contribution in [1.29, 1.82) is 0 Å². The third-order valence-corrected chi connectivity index (χ3v) is 3.65. The molecule has 0 saturated heterocycles. The molecule has 0 aliphatic heterocycles. The maximum Gasteiger partial charge on any atom is 0.296 e. The Morgan fingerprint density at radius 2 is 2.05 bits per heavy atom. The molecular formula is C16H14ClN3O2. The average molecular weight is 316 g/mol. The molecule has 0 bridgehead atoms. The van der Waals surface area contributed by atoms with Crippen LogP contribution in [0.15, 0.2) is 46.9 Å². The molecule has 6 heteroatoms. The van der Waals surface area contributed by atoms with E-state index in [-0.39, 0.29) is 12.5 Å². The lowest BCUT2D eigenvalue weighted by Gasteiger charge is -2.09. The fraction of sp³-hybridized carbons (Fsp3) is 0.125. The lowest BCUT2D eigenvalue weighted by molar-refractivity contribution is -0.114. The quantitative estimate of drug-likeness (QED) is 0.767. The predicted molar refractivity (Wildman–Crippen MR) is 87.3 cm³/mol. The number of carbonyl (C=O) groups excluding carboxylic acids is 1. The van der Waals surface area contributed by atoms with Crippen LogP contribution in [0.25, 0.3) is 11.1 Å². The van der Waals surface area contributed by atoms with Gasteiger partial charge >= 0.3 is 0 Å². The summed E-state index contributed by atoms with van der Waals surface area (Å²) in [6.45, 7) is 1.91. The van der Waals surface area contributed by atoms with E-state index in [9.17, 15) is 4.79 Å². The van der Waals surface area contributed by atoms with E-state index < -0.39 is 0 Å². The van der Waals surface area contributed by atoms with Crippen LogP contribution in [0.3, 0.4) is 0 Å². The molecule has 1 amide bonds. The predicted octanol–water partition coefficient (Wildman–Crippen LogP) is 3.84. The molecule has 0 spiro atoms. The lowest BCUT2D eigenvalue weighted by atomic mass is 10.2. The van der Waals surface area contributed by atoms with Crippen LogP contribution < -0.4 is 10.6 Å². The van der Waals surface area contributed by atoms with Crippen molar-refractivity contribution < 1.29 is 9.21 Å². The first kappa shape index (κ1) is 14.4. The minimum absolute atomic E-state index is 0.0543. The Labute approximate surface area is 132 Å². The molecule has 3 aromatic rings. The molecule has 1 heterocycles. The van der Waals surface area contributed by atoms with Gasteiger partial charge in [0.25, 0.3) is 6.01 Å². The van der Waals surface area contributed by atoms with Gasteiger partial charge in [-0.2, -0.15) is 4.98 Å². The molecule has 0 unspecified atom stereocenters. The number of nitrogens with one attached hydrogen (secondary N) is 2. The molecule has 22 heavy (non-hydrogen) atoms. The van der Waals surface area contributed by atoms with Gasteiger partial charge in [0, 0.05) is 10.7 Å². The molecule has 1 aromatic heterocycles. The van der Waals surface area contributed by atoms with Crippen LogP contribution in [0.5, 0.6) is 0 Å². The third-order valence-electron chi connectivity index (χ3n) is 3.24. The van der Waals surface area contributed by atoms with Crippen molar-refractivity contribution in [3.05, 3.63) is 53.1 Å². The number of rotatable bonds is 4. The number of halogens is 1. The van der Waals surface area contributed by atoms with Gasteiger partial charge in [-0.05, 0) is 36.8 Å². The molecule has 3 rings (SSSR count). The van der Waals surface area contributed by atoms with Gasteiger partial charge in [0.2, 0.25) is 5.91 Å². The summed E-state index contributed by atoms with van der Waals surface area (Å²) in [7, 11) is 0. The zero-order valence-electron chi connectivity index (χ0n) is 11.9. The van der Waals surface area contributed by atoms with E-state index >= 15 is 0 Å². The van der Waals surface area contributed by atoms with Gasteiger partial charge in [-0.3, -0.25) is 4.79 Å². The fourth-order valence-corrected chi connectivity index (χ4v) is 2.22. The summed E-state index contributed by atoms with van der Waals surface area (Å²) in [5.41, 5.74) is 2.95. The van der Waals surface area contributed by atoms with Crippen molar-refractivity contribution in [3.8, 4) is 0 Å². The Morgan fingerprint density at radius 1 is 1.23 bits per heavy atom. The maximum atomic E-state index is 12.0. The van der Waals surface area contributed by atoms with Crippen LogP contribution in [0.1, 0.15) is 5.56 Å². The minimum Gasteiger partial charge on any atom is -0.424 e. The number of oxazole rings is 1. The highest BCUT2D eigenvalue weighted by Gasteiger charge is 2.09. The summed E-state index contributed by atoms with van der Waals surface area (Å²) in [4.78, 5) is 16.2. The van der Waals surface area contributed by atoms with E-state index in [2.05, 4.69) is 15.6 Å². The van der Waals surface area contributed by atoms with Crippen molar-refractivity contribution >= 4 is 40.3 Å². The Balaban J connectivity index is 1.63. The maximum absolute atomic E-state index is 12.0. The topological polar surface area (TPSA) is 67.2 Å². The Hall–Kier alpha value is -2.53. The van der Waals surface area contributed by atoms with Gasteiger partial charge in [-0.15, -0.1) is 0 Å². The number of hydrogen-bond donors (Lipinski definition) is 2. The van der Waals surface area contributed by atoms with Crippen molar-refractivity contribution in [1.82, 2.24) is 4.98 Å². The van der Waals surface area contributed by atoms with E-state index in [1.165, 1.54) is 0 Å². The first-order valence-corrected chi connectivity index (χ1v) is 7.16. The zero-order chi connectivity index (χ0) is 15.5. The van der Waals surface area contributed by atoms with Gasteiger partial charge in [0.1, 0.15) is 5.52 Å². The third kappa shape index (κ3) is 3.04. The number of nitrogens with zero attached hydrogens (tertiary/aromatic N) is 1. The number of carbonyl (C=O) groups is 1. The average Bonchev–Trinajstić information content (AvgIpc) is 2.93. The summed E-state index contributed by atoms with van der Waals surface area (Å²) in [6, 6.07) is 13.1. The molecule has 0 fully saturated rings. The summed E-state index contributed by atoms with van der Waals surface area (Å²) in [5.74, 6) is -0.201. The van der Waals surface area contributed by atoms with E-state index in [0.717, 1.165) is 11.1 Å². The second kappa shape index (κ2) is 6.07. The number of para-hydroxylation sites is 2. The molecule has 2 aromatic carbocycles. The highest BCUT2D eigenvalue weighted by atomic mass is 35.5. The normalized spacial score (nSPS) is 10.6. The number of fused-ring (bicyclic) bond motifs is 1. The molecule has 0 saturated carbocycles. The van der Waals surface area contributed by atoms with Crippen molar-refractivity contribution in [2.45, 2.75) is 6.92 Å². The number of amides is 1. The van der Waals surface area contributed by atoms with Crippen LogP contribution in [-0.4, -0.2) is 17.4 Å². The van der Waals surface area contributed by atoms with E-state index in [4.69, 9.17) is 16.0 Å². The zero-order valence-corrected chi connectivity index (χ0v) is 12.6. The van der Waals surface area contributed by atoms with E-state index in [1.54, 1.807) is 18.2 Å². The second-order valence-corrected chi connectivity index (χ2v) is 5.21. The highest BCUT2D eigenvalue weighted by Crippen LogP contribution is 2.23. The second-order valence-electron chi connectivity index (χ2n) is 4.80. The number of aromatic nitrogens is 1. The van der Waals surface area contributed by atoms with Crippen LogP contribution in [0.4, 0.5) is 11.7 Å². The number of hydrogen-bond acceptors (Lipinski definition) is 4. The number of benzene rings is 2. The summed E-state index contributed by atoms with van der Waals surface area (Å²) < 4.78 is 5.49. The first-order chi connectivity index (χ1) is 10.6. The lowest BCUT2D eigenvalue weighted by Crippen LogP contribution is -2.22. The largest absolute Gasteiger partial charge is 0.424 e. The molecule has 0 aliphatic rings. The minimum atomic E-state index is -0.201. The molecular weight excluding hydrogens is 302 g/mol. The molecule has 0 radical (unpaired) electrons. The van der Waals surface area contributed by atoms with Gasteiger partial charge in [-0.1, -0.05) is 29.8 Å². The Bertz CT molecular complexity index is 796. The molecule has 0 atom stereocenters. The van der Waals surface area contributed by atoms with Crippen LogP contribution in [0.2, 0.25) is 5.02 Å². The summed E-state index contributed by atoms with van der Waals surface area (Å²) >= 11 is 6.02. The molecule has 2 N–H and O–H groups in total. The highest BCUT2D eigenvalue weighted by molar-refractivity contribution is 6.31. The van der Waals surface area contributed by atoms with Gasteiger partial charge < -0.3 is 15.1 Å². The van der Waals surface area contributed by atoms with Crippen LogP contribution in [0, 0.1) is 6.92 Å². The van der Waals surface area contributed by atoms with Crippen molar-refractivity contribution in [3.63, 3.8) is 0 Å². The summed E-state index contributed by atoms with van der Waals surface area (Å²) in [6.07, 6.45) is 0. The van der Waals surface area contributed by atoms with E-state index in [1.807, 2.05) is 31.2 Å². The van der Waals surface area contributed by atoms with Crippen LogP contribution >= 0.6 is 11.6 Å². The summed E-state index contributed by atoms with van der Waals surface area (Å²) in [5, 5.41) is 6.28. The Kier molecular flexibility index (Phi) is 3.98. The van der Waals surface area contributed by atoms with Crippen LogP contribution in [-0.2, 0) is 4.79 Å².